The first-order valence-corrected chi connectivity index (χ1v) is 10.2. The lowest BCUT2D eigenvalue weighted by molar-refractivity contribution is -0.182. The van der Waals surface area contributed by atoms with Crippen molar-refractivity contribution in [2.45, 2.75) is 58.2 Å². The summed E-state index contributed by atoms with van der Waals surface area (Å²) in [6.45, 7) is 6.79. The monoisotopic (exact) mass is 449 g/mol. The Labute approximate surface area is 187 Å². The molecule has 1 N–H and O–H groups in total. The Hall–Kier alpha value is -3.23. The van der Waals surface area contributed by atoms with E-state index in [4.69, 9.17) is 24.4 Å². The van der Waals surface area contributed by atoms with Gasteiger partial charge in [-0.1, -0.05) is 25.1 Å². The molecule has 0 aromatic heterocycles. The average Bonchev–Trinajstić information content (AvgIpc) is 2.76. The highest BCUT2D eigenvalue weighted by atomic mass is 16.6. The maximum absolute atomic E-state index is 12.7. The first-order valence-electron chi connectivity index (χ1n) is 10.2. The van der Waals surface area contributed by atoms with Crippen molar-refractivity contribution in [3.8, 4) is 0 Å². The van der Waals surface area contributed by atoms with Gasteiger partial charge in [0.1, 0.15) is 11.3 Å². The van der Waals surface area contributed by atoms with Gasteiger partial charge in [0.05, 0.1) is 19.8 Å². The third kappa shape index (κ3) is 6.90. The minimum absolute atomic E-state index is 0.0130. The van der Waals surface area contributed by atoms with Crippen molar-refractivity contribution in [2.24, 2.45) is 5.92 Å². The molecule has 0 saturated heterocycles. The van der Waals surface area contributed by atoms with Crippen LogP contribution >= 0.6 is 0 Å². The Kier molecular flexibility index (Phi) is 9.55. The molecule has 1 atom stereocenters. The normalized spacial score (nSPS) is 12.3. The molecule has 0 aliphatic rings. The fourth-order valence-corrected chi connectivity index (χ4v) is 2.97. The Morgan fingerprint density at radius 3 is 1.91 bits per heavy atom. The van der Waals surface area contributed by atoms with Crippen LogP contribution in [0.1, 0.15) is 57.3 Å². The summed E-state index contributed by atoms with van der Waals surface area (Å²) in [5.74, 6) is -4.61. The standard InChI is InChI=1S/C23H31NO8/c1-7-15(17(24)19(26)31-22(2,3)4)13-14-23(20(27)29-5,21(28)30-6)32-18(25)16-11-9-8-10-12-16/h8-12,15,24H,7,13-14H2,1-6H3/t15-/m1/s1. The van der Waals surface area contributed by atoms with Crippen molar-refractivity contribution in [3.63, 3.8) is 0 Å². The van der Waals surface area contributed by atoms with Gasteiger partial charge in [-0.25, -0.2) is 19.2 Å². The summed E-state index contributed by atoms with van der Waals surface area (Å²) in [6.07, 6.45) is -0.0153. The lowest BCUT2D eigenvalue weighted by atomic mass is 9.87. The summed E-state index contributed by atoms with van der Waals surface area (Å²) in [5, 5.41) is 8.21. The van der Waals surface area contributed by atoms with Crippen molar-refractivity contribution in [3.05, 3.63) is 35.9 Å². The molecular weight excluding hydrogens is 418 g/mol. The van der Waals surface area contributed by atoms with E-state index in [-0.39, 0.29) is 24.1 Å². The van der Waals surface area contributed by atoms with Crippen molar-refractivity contribution in [1.82, 2.24) is 0 Å². The second-order valence-electron chi connectivity index (χ2n) is 8.13. The first-order chi connectivity index (χ1) is 14.9. The molecule has 0 spiro atoms. The van der Waals surface area contributed by atoms with Crippen LogP contribution in [0.15, 0.2) is 30.3 Å². The second-order valence-corrected chi connectivity index (χ2v) is 8.13. The molecule has 1 aromatic rings. The van der Waals surface area contributed by atoms with Crippen LogP contribution in [-0.2, 0) is 33.3 Å². The van der Waals surface area contributed by atoms with Crippen LogP contribution in [0, 0.1) is 11.3 Å². The molecule has 0 unspecified atom stereocenters. The number of rotatable bonds is 10. The van der Waals surface area contributed by atoms with Gasteiger partial charge in [0.2, 0.25) is 0 Å². The largest absolute Gasteiger partial charge is 0.466 e. The van der Waals surface area contributed by atoms with Crippen molar-refractivity contribution >= 4 is 29.6 Å². The molecule has 0 radical (unpaired) electrons. The minimum Gasteiger partial charge on any atom is -0.466 e. The predicted octanol–water partition coefficient (Wildman–Crippen LogP) is 3.10. The number of carbonyl (C=O) groups is 4. The molecule has 9 heteroatoms. The Bertz CT molecular complexity index is 825. The van der Waals surface area contributed by atoms with E-state index in [1.807, 2.05) is 0 Å². The zero-order valence-corrected chi connectivity index (χ0v) is 19.4. The van der Waals surface area contributed by atoms with Crippen LogP contribution in [-0.4, -0.2) is 55.0 Å². The van der Waals surface area contributed by atoms with Gasteiger partial charge in [-0.2, -0.15) is 0 Å². The Morgan fingerprint density at radius 1 is 0.938 bits per heavy atom. The number of carbonyl (C=O) groups excluding carboxylic acids is 4. The van der Waals surface area contributed by atoms with E-state index < -0.39 is 41.0 Å². The molecule has 176 valence electrons. The zero-order chi connectivity index (χ0) is 24.5. The van der Waals surface area contributed by atoms with E-state index >= 15 is 0 Å². The number of esters is 4. The minimum atomic E-state index is -2.39. The Balaban J connectivity index is 3.20. The van der Waals surface area contributed by atoms with Crippen molar-refractivity contribution in [1.29, 1.82) is 5.41 Å². The molecule has 0 bridgehead atoms. The van der Waals surface area contributed by atoms with Gasteiger partial charge in [0.15, 0.2) is 0 Å². The summed E-state index contributed by atoms with van der Waals surface area (Å²) in [4.78, 5) is 50.3. The molecule has 0 aliphatic heterocycles. The lowest BCUT2D eigenvalue weighted by Gasteiger charge is -2.29. The first kappa shape index (κ1) is 26.8. The van der Waals surface area contributed by atoms with Crippen LogP contribution in [0.25, 0.3) is 0 Å². The number of ether oxygens (including phenoxy) is 4. The SMILES string of the molecule is CC[C@H](CCC(OC(=O)c1ccccc1)(C(=O)OC)C(=O)OC)C(=N)C(=O)OC(C)(C)C. The van der Waals surface area contributed by atoms with Gasteiger partial charge in [0.25, 0.3) is 0 Å². The van der Waals surface area contributed by atoms with Crippen LogP contribution in [0.3, 0.4) is 0 Å². The zero-order valence-electron chi connectivity index (χ0n) is 19.4. The van der Waals surface area contributed by atoms with Crippen LogP contribution in [0.2, 0.25) is 0 Å². The highest BCUT2D eigenvalue weighted by Crippen LogP contribution is 2.28. The number of methoxy groups -OCH3 is 2. The van der Waals surface area contributed by atoms with E-state index in [2.05, 4.69) is 0 Å². The van der Waals surface area contributed by atoms with Gasteiger partial charge < -0.3 is 18.9 Å². The third-order valence-electron chi connectivity index (χ3n) is 4.67. The number of nitrogens with one attached hydrogen (secondary N) is 1. The van der Waals surface area contributed by atoms with E-state index in [0.717, 1.165) is 14.2 Å². The third-order valence-corrected chi connectivity index (χ3v) is 4.67. The molecule has 32 heavy (non-hydrogen) atoms. The number of hydrogen-bond donors (Lipinski definition) is 1. The summed E-state index contributed by atoms with van der Waals surface area (Å²) < 4.78 is 20.1. The molecule has 0 saturated carbocycles. The van der Waals surface area contributed by atoms with E-state index in [1.165, 1.54) is 12.1 Å². The molecule has 0 aliphatic carbocycles. The lowest BCUT2D eigenvalue weighted by Crippen LogP contribution is -2.52. The maximum atomic E-state index is 12.7. The molecule has 0 heterocycles. The van der Waals surface area contributed by atoms with Gasteiger partial charge in [0, 0.05) is 12.3 Å². The quantitative estimate of drug-likeness (QED) is 0.250. The maximum Gasteiger partial charge on any atom is 0.362 e. The second kappa shape index (κ2) is 11.4. The summed E-state index contributed by atoms with van der Waals surface area (Å²) in [6, 6.07) is 7.83. The number of hydrogen-bond acceptors (Lipinski definition) is 9. The highest BCUT2D eigenvalue weighted by Gasteiger charge is 2.53. The van der Waals surface area contributed by atoms with Crippen molar-refractivity contribution < 1.29 is 38.1 Å². The summed E-state index contributed by atoms with van der Waals surface area (Å²) in [7, 11) is 2.10. The van der Waals surface area contributed by atoms with Crippen LogP contribution < -0.4 is 0 Å². The highest BCUT2D eigenvalue weighted by molar-refractivity contribution is 6.36. The Morgan fingerprint density at radius 2 is 1.47 bits per heavy atom. The van der Waals surface area contributed by atoms with Gasteiger partial charge in [-0.15, -0.1) is 0 Å². The fourth-order valence-electron chi connectivity index (χ4n) is 2.97. The molecule has 1 aromatic carbocycles. The number of benzene rings is 1. The van der Waals surface area contributed by atoms with E-state index in [1.54, 1.807) is 45.9 Å². The topological polar surface area (TPSA) is 129 Å². The average molecular weight is 450 g/mol. The van der Waals surface area contributed by atoms with Crippen LogP contribution in [0.5, 0.6) is 0 Å². The predicted molar refractivity (Wildman–Crippen MR) is 115 cm³/mol. The fraction of sp³-hybridized carbons (Fsp3) is 0.522. The molecule has 9 nitrogen and oxygen atoms in total. The smallest absolute Gasteiger partial charge is 0.362 e. The van der Waals surface area contributed by atoms with E-state index in [0.29, 0.717) is 6.42 Å². The van der Waals surface area contributed by atoms with Crippen LogP contribution in [0.4, 0.5) is 0 Å². The molecule has 1 rings (SSSR count). The van der Waals surface area contributed by atoms with Gasteiger partial charge in [-0.05, 0) is 45.7 Å². The van der Waals surface area contributed by atoms with Crippen molar-refractivity contribution in [2.75, 3.05) is 14.2 Å². The van der Waals surface area contributed by atoms with E-state index in [9.17, 15) is 19.2 Å². The van der Waals surface area contributed by atoms with Gasteiger partial charge >= 0.3 is 29.5 Å². The van der Waals surface area contributed by atoms with Gasteiger partial charge in [-0.3, -0.25) is 5.41 Å². The summed E-state index contributed by atoms with van der Waals surface area (Å²) in [5.41, 5.74) is -3.36. The summed E-state index contributed by atoms with van der Waals surface area (Å²) >= 11 is 0. The molecular formula is C23H31NO8. The molecule has 0 fully saturated rings. The molecule has 0 amide bonds.